The molecule has 4 aromatic rings. The Kier molecular flexibility index (Phi) is 4.96. The quantitative estimate of drug-likeness (QED) is 0.543. The largest absolute Gasteiger partial charge is 0.434 e. The molecule has 0 aliphatic rings. The van der Waals surface area contributed by atoms with Gasteiger partial charge in [0.2, 0.25) is 11.6 Å². The van der Waals surface area contributed by atoms with Gasteiger partial charge in [-0.3, -0.25) is 4.79 Å². The molecule has 0 saturated heterocycles. The maximum Gasteiger partial charge on any atom is 0.351 e. The topological polar surface area (TPSA) is 90.5 Å². The van der Waals surface area contributed by atoms with E-state index in [0.29, 0.717) is 16.5 Å². The molecular weight excluding hydrogens is 401 g/mol. The van der Waals surface area contributed by atoms with Crippen LogP contribution in [0.15, 0.2) is 65.7 Å². The summed E-state index contributed by atoms with van der Waals surface area (Å²) < 4.78 is 20.8. The van der Waals surface area contributed by atoms with Crippen molar-refractivity contribution in [3.8, 4) is 11.6 Å². The normalized spacial score (nSPS) is 10.8. The van der Waals surface area contributed by atoms with Gasteiger partial charge < -0.3 is 10.1 Å². The molecule has 4 rings (SSSR count). The van der Waals surface area contributed by atoms with Crippen molar-refractivity contribution >= 4 is 28.8 Å². The van der Waals surface area contributed by atoms with Gasteiger partial charge in [0.05, 0.1) is 5.02 Å². The fourth-order valence-electron chi connectivity index (χ4n) is 2.60. The Morgan fingerprint density at radius 3 is 2.69 bits per heavy atom. The Morgan fingerprint density at radius 1 is 1.17 bits per heavy atom. The first-order valence-corrected chi connectivity index (χ1v) is 8.81. The van der Waals surface area contributed by atoms with Crippen LogP contribution in [0.4, 0.5) is 10.1 Å². The molecule has 29 heavy (non-hydrogen) atoms. The van der Waals surface area contributed by atoms with E-state index >= 15 is 0 Å². The number of fused-ring (bicyclic) bond motifs is 1. The number of benzene rings is 2. The number of rotatable bonds is 5. The molecule has 0 saturated carbocycles. The summed E-state index contributed by atoms with van der Waals surface area (Å²) in [7, 11) is 0. The van der Waals surface area contributed by atoms with Crippen molar-refractivity contribution in [1.82, 2.24) is 19.2 Å². The third-order valence-electron chi connectivity index (χ3n) is 3.93. The van der Waals surface area contributed by atoms with E-state index in [2.05, 4.69) is 15.4 Å². The summed E-state index contributed by atoms with van der Waals surface area (Å²) in [5.41, 5.74) is -0.00899. The number of carbonyl (C=O) groups is 1. The predicted octanol–water partition coefficient (Wildman–Crippen LogP) is 3.11. The minimum Gasteiger partial charge on any atom is -0.434 e. The average molecular weight is 414 g/mol. The summed E-state index contributed by atoms with van der Waals surface area (Å²) in [6, 6.07) is 12.1. The maximum atomic E-state index is 13.0. The molecule has 0 atom stereocenters. The highest BCUT2D eigenvalue weighted by Crippen LogP contribution is 2.28. The van der Waals surface area contributed by atoms with Crippen LogP contribution < -0.4 is 15.7 Å². The van der Waals surface area contributed by atoms with Gasteiger partial charge in [-0.2, -0.15) is 0 Å². The van der Waals surface area contributed by atoms with Crippen molar-refractivity contribution in [2.75, 3.05) is 5.32 Å². The lowest BCUT2D eigenvalue weighted by Gasteiger charge is -2.06. The van der Waals surface area contributed by atoms with Crippen LogP contribution in [0, 0.1) is 5.82 Å². The number of ether oxygens (including phenoxy) is 1. The van der Waals surface area contributed by atoms with Gasteiger partial charge in [0.15, 0.2) is 0 Å². The number of nitrogens with one attached hydrogen (secondary N) is 1. The summed E-state index contributed by atoms with van der Waals surface area (Å²) in [6.45, 7) is -0.344. The van der Waals surface area contributed by atoms with Crippen molar-refractivity contribution < 1.29 is 13.9 Å². The minimum absolute atomic E-state index is 0.0652. The highest BCUT2D eigenvalue weighted by atomic mass is 35.5. The summed E-state index contributed by atoms with van der Waals surface area (Å²) in [4.78, 5) is 28.9. The second-order valence-electron chi connectivity index (χ2n) is 5.95. The number of amides is 1. The smallest absolute Gasteiger partial charge is 0.351 e. The van der Waals surface area contributed by atoms with E-state index in [0.717, 1.165) is 4.68 Å². The van der Waals surface area contributed by atoms with Crippen LogP contribution in [0.2, 0.25) is 5.02 Å². The molecule has 0 aliphatic heterocycles. The van der Waals surface area contributed by atoms with Crippen molar-refractivity contribution in [3.05, 3.63) is 82.2 Å². The third kappa shape index (κ3) is 3.94. The lowest BCUT2D eigenvalue weighted by molar-refractivity contribution is -0.117. The van der Waals surface area contributed by atoms with Crippen molar-refractivity contribution in [2.45, 2.75) is 6.54 Å². The second-order valence-corrected chi connectivity index (χ2v) is 6.36. The van der Waals surface area contributed by atoms with E-state index in [4.69, 9.17) is 16.3 Å². The number of para-hydroxylation sites is 1. The first-order valence-electron chi connectivity index (χ1n) is 8.43. The third-order valence-corrected chi connectivity index (χ3v) is 4.25. The average Bonchev–Trinajstić information content (AvgIpc) is 3.02. The van der Waals surface area contributed by atoms with Crippen molar-refractivity contribution in [2.24, 2.45) is 0 Å². The first-order chi connectivity index (χ1) is 14.0. The zero-order chi connectivity index (χ0) is 20.4. The Balaban J connectivity index is 1.60. The Bertz CT molecular complexity index is 1250. The molecule has 2 aromatic heterocycles. The molecule has 0 radical (unpaired) electrons. The monoisotopic (exact) mass is 413 g/mol. The van der Waals surface area contributed by atoms with E-state index in [1.165, 1.54) is 41.1 Å². The summed E-state index contributed by atoms with van der Waals surface area (Å²) in [5.74, 6) is -0.497. The SMILES string of the molecule is O=C(Cn1nc2c(Oc3ccccc3Cl)nccn2c1=O)Nc1ccc(F)cc1. The number of carbonyl (C=O) groups excluding carboxylic acids is 1. The highest BCUT2D eigenvalue weighted by molar-refractivity contribution is 6.32. The lowest BCUT2D eigenvalue weighted by atomic mass is 10.3. The number of anilines is 1. The van der Waals surface area contributed by atoms with Crippen LogP contribution >= 0.6 is 11.6 Å². The van der Waals surface area contributed by atoms with Gasteiger partial charge >= 0.3 is 5.69 Å². The number of halogens is 2. The van der Waals surface area contributed by atoms with Gasteiger partial charge in [0, 0.05) is 18.1 Å². The molecule has 0 bridgehead atoms. The molecule has 10 heteroatoms. The minimum atomic E-state index is -0.541. The zero-order valence-corrected chi connectivity index (χ0v) is 15.5. The summed E-state index contributed by atoms with van der Waals surface area (Å²) in [6.07, 6.45) is 2.80. The fraction of sp³-hybridized carbons (Fsp3) is 0.0526. The van der Waals surface area contributed by atoms with Crippen molar-refractivity contribution in [3.63, 3.8) is 0 Å². The van der Waals surface area contributed by atoms with Crippen LogP contribution in [0.1, 0.15) is 0 Å². The Hall–Kier alpha value is -3.72. The van der Waals surface area contributed by atoms with Crippen LogP contribution in [0.3, 0.4) is 0 Å². The van der Waals surface area contributed by atoms with E-state index in [1.54, 1.807) is 24.3 Å². The molecule has 2 aromatic carbocycles. The van der Waals surface area contributed by atoms with Crippen LogP contribution in [-0.4, -0.2) is 25.1 Å². The molecule has 146 valence electrons. The van der Waals surface area contributed by atoms with Crippen molar-refractivity contribution in [1.29, 1.82) is 0 Å². The van der Waals surface area contributed by atoms with Gasteiger partial charge in [0.25, 0.3) is 5.88 Å². The number of nitrogens with zero attached hydrogens (tertiary/aromatic N) is 4. The molecule has 2 heterocycles. The predicted molar refractivity (Wildman–Crippen MR) is 104 cm³/mol. The van der Waals surface area contributed by atoms with E-state index in [1.807, 2.05) is 0 Å². The zero-order valence-electron chi connectivity index (χ0n) is 14.8. The van der Waals surface area contributed by atoms with Gasteiger partial charge in [-0.15, -0.1) is 5.10 Å². The van der Waals surface area contributed by atoms with Crippen LogP contribution in [0.5, 0.6) is 11.6 Å². The molecule has 1 amide bonds. The van der Waals surface area contributed by atoms with E-state index < -0.39 is 17.4 Å². The number of aromatic nitrogens is 4. The van der Waals surface area contributed by atoms with E-state index in [9.17, 15) is 14.0 Å². The second kappa shape index (κ2) is 7.72. The van der Waals surface area contributed by atoms with Crippen LogP contribution in [0.25, 0.3) is 5.65 Å². The lowest BCUT2D eigenvalue weighted by Crippen LogP contribution is -2.28. The molecular formula is C19H13ClFN5O3. The Labute approximate surface area is 168 Å². The molecule has 1 N–H and O–H groups in total. The fourth-order valence-corrected chi connectivity index (χ4v) is 2.78. The van der Waals surface area contributed by atoms with Gasteiger partial charge in [-0.1, -0.05) is 23.7 Å². The van der Waals surface area contributed by atoms with Gasteiger partial charge in [-0.25, -0.2) is 23.3 Å². The van der Waals surface area contributed by atoms with Gasteiger partial charge in [-0.05, 0) is 36.4 Å². The number of hydrogen-bond acceptors (Lipinski definition) is 5. The van der Waals surface area contributed by atoms with E-state index in [-0.39, 0.29) is 18.1 Å². The standard InChI is InChI=1S/C19H13ClFN5O3/c20-14-3-1-2-4-15(14)29-18-17-24-26(19(28)25(17)10-9-22-18)11-16(27)23-13-7-5-12(21)6-8-13/h1-10H,11H2,(H,23,27). The molecule has 0 spiro atoms. The van der Waals surface area contributed by atoms with Gasteiger partial charge in [0.1, 0.15) is 18.1 Å². The molecule has 0 aliphatic carbocycles. The molecule has 0 fully saturated rings. The first kappa shape index (κ1) is 18.6. The maximum absolute atomic E-state index is 13.0. The number of hydrogen-bond donors (Lipinski definition) is 1. The molecule has 8 nitrogen and oxygen atoms in total. The molecule has 0 unspecified atom stereocenters. The summed E-state index contributed by atoms with van der Waals surface area (Å²) in [5, 5.41) is 7.09. The highest BCUT2D eigenvalue weighted by Gasteiger charge is 2.16. The van der Waals surface area contributed by atoms with Crippen LogP contribution in [-0.2, 0) is 11.3 Å². The summed E-state index contributed by atoms with van der Waals surface area (Å²) >= 11 is 6.09. The Morgan fingerprint density at radius 2 is 1.93 bits per heavy atom.